The molecule has 5 atom stereocenters. The lowest BCUT2D eigenvalue weighted by molar-refractivity contribution is -0.171. The fourth-order valence-corrected chi connectivity index (χ4v) is 1.76. The molecule has 80 valence electrons. The van der Waals surface area contributed by atoms with E-state index in [2.05, 4.69) is 5.32 Å². The second-order valence-electron chi connectivity index (χ2n) is 3.54. The van der Waals surface area contributed by atoms with Crippen LogP contribution in [0.2, 0.25) is 0 Å². The first-order valence-electron chi connectivity index (χ1n) is 4.46. The number of hydrogen-bond donors (Lipinski definition) is 2. The lowest BCUT2D eigenvalue weighted by atomic mass is 10.0. The highest BCUT2D eigenvalue weighted by Crippen LogP contribution is 2.29. The third-order valence-electron chi connectivity index (χ3n) is 2.45. The van der Waals surface area contributed by atoms with Crippen molar-refractivity contribution in [2.45, 2.75) is 37.6 Å². The van der Waals surface area contributed by atoms with E-state index in [9.17, 15) is 14.3 Å². The molecule has 2 N–H and O–H groups in total. The van der Waals surface area contributed by atoms with Crippen molar-refractivity contribution in [3.05, 3.63) is 0 Å². The van der Waals surface area contributed by atoms with Gasteiger partial charge < -0.3 is 19.9 Å². The van der Waals surface area contributed by atoms with Crippen LogP contribution >= 0.6 is 0 Å². The predicted octanol–water partition coefficient (Wildman–Crippen LogP) is -1.05. The number of halogens is 1. The number of carbonyl (C=O) groups excluding carboxylic acids is 1. The molecule has 0 spiro atoms. The van der Waals surface area contributed by atoms with Gasteiger partial charge in [0.1, 0.15) is 18.2 Å². The van der Waals surface area contributed by atoms with Gasteiger partial charge in [0, 0.05) is 6.92 Å². The summed E-state index contributed by atoms with van der Waals surface area (Å²) in [5.41, 5.74) is 0. The van der Waals surface area contributed by atoms with E-state index in [0.717, 1.165) is 0 Å². The maximum atomic E-state index is 13.4. The Hall–Kier alpha value is -0.720. The summed E-state index contributed by atoms with van der Waals surface area (Å²) in [4.78, 5) is 10.8. The van der Waals surface area contributed by atoms with Gasteiger partial charge in [-0.2, -0.15) is 0 Å². The fourth-order valence-electron chi connectivity index (χ4n) is 1.76. The highest BCUT2D eigenvalue weighted by atomic mass is 19.1. The number of alkyl halides is 1. The van der Waals surface area contributed by atoms with E-state index in [-0.39, 0.29) is 12.5 Å². The van der Waals surface area contributed by atoms with Crippen LogP contribution in [0.15, 0.2) is 0 Å². The lowest BCUT2D eigenvalue weighted by Crippen LogP contribution is -2.59. The summed E-state index contributed by atoms with van der Waals surface area (Å²) in [6.45, 7) is 1.42. The van der Waals surface area contributed by atoms with Gasteiger partial charge in [-0.25, -0.2) is 4.39 Å². The van der Waals surface area contributed by atoms with Crippen molar-refractivity contribution < 1.29 is 23.8 Å². The molecular formula is C8H12FNO4. The molecule has 1 amide bonds. The molecule has 0 aromatic carbocycles. The summed E-state index contributed by atoms with van der Waals surface area (Å²) in [6.07, 6.45) is -4.21. The van der Waals surface area contributed by atoms with E-state index in [0.29, 0.717) is 0 Å². The zero-order valence-corrected chi connectivity index (χ0v) is 7.64. The Balaban J connectivity index is 2.10. The van der Waals surface area contributed by atoms with Crippen LogP contribution in [0.5, 0.6) is 0 Å². The molecule has 0 saturated carbocycles. The molecule has 0 aromatic rings. The molecule has 2 rings (SSSR count). The average molecular weight is 205 g/mol. The molecule has 0 unspecified atom stereocenters. The first kappa shape index (κ1) is 9.82. The zero-order valence-electron chi connectivity index (χ0n) is 7.64. The smallest absolute Gasteiger partial charge is 0.217 e. The minimum absolute atomic E-state index is 0.124. The van der Waals surface area contributed by atoms with E-state index < -0.39 is 30.7 Å². The van der Waals surface area contributed by atoms with Crippen LogP contribution in [0.3, 0.4) is 0 Å². The minimum atomic E-state index is -1.51. The first-order valence-corrected chi connectivity index (χ1v) is 4.46. The maximum Gasteiger partial charge on any atom is 0.217 e. The van der Waals surface area contributed by atoms with Crippen molar-refractivity contribution in [2.75, 3.05) is 6.61 Å². The van der Waals surface area contributed by atoms with Crippen LogP contribution < -0.4 is 5.32 Å². The van der Waals surface area contributed by atoms with Gasteiger partial charge in [-0.3, -0.25) is 4.79 Å². The Bertz CT molecular complexity index is 249. The van der Waals surface area contributed by atoms with E-state index >= 15 is 0 Å². The number of ether oxygens (including phenoxy) is 2. The third-order valence-corrected chi connectivity index (χ3v) is 2.45. The number of hydrogen-bond acceptors (Lipinski definition) is 4. The van der Waals surface area contributed by atoms with Crippen LogP contribution in [-0.4, -0.2) is 48.3 Å². The van der Waals surface area contributed by atoms with E-state index in [4.69, 9.17) is 9.47 Å². The molecule has 14 heavy (non-hydrogen) atoms. The molecule has 5 nitrogen and oxygen atoms in total. The Labute approximate surface area is 80.2 Å². The normalized spacial score (nSPS) is 46.4. The van der Waals surface area contributed by atoms with E-state index in [1.54, 1.807) is 0 Å². The standard InChI is InChI=1S/C8H12FNO4/c1-3(11)10-6-7(12)5(9)4-2-13-8(6)14-4/h4-8,12H,2H2,1H3,(H,10,11)/t4-,5-,6+,7+,8-/m1/s1. The second-order valence-corrected chi connectivity index (χ2v) is 3.54. The van der Waals surface area contributed by atoms with Gasteiger partial charge in [0.05, 0.1) is 6.61 Å². The fraction of sp³-hybridized carbons (Fsp3) is 0.875. The van der Waals surface area contributed by atoms with Crippen molar-refractivity contribution in [1.29, 1.82) is 0 Å². The summed E-state index contributed by atoms with van der Waals surface area (Å²) in [5.74, 6) is -0.348. The molecule has 0 aromatic heterocycles. The number of nitrogens with one attached hydrogen (secondary N) is 1. The van der Waals surface area contributed by atoms with E-state index in [1.807, 2.05) is 0 Å². The number of carbonyl (C=O) groups is 1. The molecule has 2 fully saturated rings. The highest BCUT2D eigenvalue weighted by molar-refractivity contribution is 5.73. The molecule has 0 radical (unpaired) electrons. The van der Waals surface area contributed by atoms with Gasteiger partial charge in [-0.05, 0) is 0 Å². The minimum Gasteiger partial charge on any atom is -0.388 e. The average Bonchev–Trinajstić information content (AvgIpc) is 2.55. The summed E-state index contributed by atoms with van der Waals surface area (Å²) in [5, 5.41) is 11.9. The second kappa shape index (κ2) is 3.45. The van der Waals surface area contributed by atoms with Crippen LogP contribution in [0.4, 0.5) is 4.39 Å². The van der Waals surface area contributed by atoms with Gasteiger partial charge >= 0.3 is 0 Å². The summed E-state index contributed by atoms with van der Waals surface area (Å²) < 4.78 is 23.6. The number of amides is 1. The van der Waals surface area contributed by atoms with Crippen molar-refractivity contribution in [1.82, 2.24) is 5.32 Å². The molecule has 0 aliphatic carbocycles. The van der Waals surface area contributed by atoms with E-state index in [1.165, 1.54) is 6.92 Å². The van der Waals surface area contributed by atoms with Crippen LogP contribution in [-0.2, 0) is 14.3 Å². The van der Waals surface area contributed by atoms with Gasteiger partial charge in [0.15, 0.2) is 12.5 Å². The number of aliphatic hydroxyl groups excluding tert-OH is 1. The highest BCUT2D eigenvalue weighted by Gasteiger charge is 2.50. The number of rotatable bonds is 1. The Morgan fingerprint density at radius 3 is 3.00 bits per heavy atom. The molecule has 2 bridgehead atoms. The summed E-state index contributed by atoms with van der Waals surface area (Å²) in [7, 11) is 0. The molecule has 2 heterocycles. The van der Waals surface area contributed by atoms with Gasteiger partial charge in [-0.15, -0.1) is 0 Å². The molecule has 2 saturated heterocycles. The zero-order chi connectivity index (χ0) is 10.3. The quantitative estimate of drug-likeness (QED) is 0.573. The monoisotopic (exact) mass is 205 g/mol. The maximum absolute atomic E-state index is 13.4. The molecule has 6 heteroatoms. The Morgan fingerprint density at radius 2 is 2.36 bits per heavy atom. The third kappa shape index (κ3) is 1.49. The van der Waals surface area contributed by atoms with Crippen molar-refractivity contribution >= 4 is 5.91 Å². The van der Waals surface area contributed by atoms with Gasteiger partial charge in [0.2, 0.25) is 5.91 Å². The van der Waals surface area contributed by atoms with Gasteiger partial charge in [0.25, 0.3) is 0 Å². The number of fused-ring (bicyclic) bond motifs is 2. The van der Waals surface area contributed by atoms with Gasteiger partial charge in [-0.1, -0.05) is 0 Å². The number of aliphatic hydroxyl groups is 1. The topological polar surface area (TPSA) is 67.8 Å². The molecule has 2 aliphatic heterocycles. The van der Waals surface area contributed by atoms with Crippen LogP contribution in [0.1, 0.15) is 6.92 Å². The van der Waals surface area contributed by atoms with Crippen molar-refractivity contribution in [3.63, 3.8) is 0 Å². The van der Waals surface area contributed by atoms with Crippen LogP contribution in [0.25, 0.3) is 0 Å². The Kier molecular flexibility index (Phi) is 2.42. The molecular weight excluding hydrogens is 193 g/mol. The van der Waals surface area contributed by atoms with Crippen molar-refractivity contribution in [2.24, 2.45) is 0 Å². The predicted molar refractivity (Wildman–Crippen MR) is 43.1 cm³/mol. The van der Waals surface area contributed by atoms with Crippen LogP contribution in [0, 0.1) is 0 Å². The largest absolute Gasteiger partial charge is 0.388 e. The lowest BCUT2D eigenvalue weighted by Gasteiger charge is -2.34. The SMILES string of the molecule is CC(=O)N[C@@H]1[C@@H]2OC[C@@H](O2)[C@@H](F)[C@@H]1O. The first-order chi connectivity index (χ1) is 6.59. The summed E-state index contributed by atoms with van der Waals surface area (Å²) in [6, 6.07) is -0.818. The molecule has 2 aliphatic rings. The summed E-state index contributed by atoms with van der Waals surface area (Å²) >= 11 is 0. The van der Waals surface area contributed by atoms with Crippen molar-refractivity contribution in [3.8, 4) is 0 Å². The Morgan fingerprint density at radius 1 is 1.64 bits per heavy atom.